The van der Waals surface area contributed by atoms with E-state index in [-0.39, 0.29) is 24.2 Å². The number of hydrogen-bond acceptors (Lipinski definition) is 4. The van der Waals surface area contributed by atoms with E-state index < -0.39 is 6.10 Å². The second-order valence-electron chi connectivity index (χ2n) is 8.08. The molecule has 1 amide bonds. The van der Waals surface area contributed by atoms with Crippen LogP contribution in [0.2, 0.25) is 0 Å². The van der Waals surface area contributed by atoms with Crippen molar-refractivity contribution in [2.45, 2.75) is 44.4 Å². The molecule has 0 radical (unpaired) electrons. The van der Waals surface area contributed by atoms with Crippen LogP contribution in [0.1, 0.15) is 42.2 Å². The first-order chi connectivity index (χ1) is 14.6. The summed E-state index contributed by atoms with van der Waals surface area (Å²) in [7, 11) is 0. The van der Waals surface area contributed by atoms with Gasteiger partial charge in [0.05, 0.1) is 17.8 Å². The Labute approximate surface area is 176 Å². The van der Waals surface area contributed by atoms with Gasteiger partial charge in [-0.15, -0.1) is 6.58 Å². The fourth-order valence-electron chi connectivity index (χ4n) is 4.67. The van der Waals surface area contributed by atoms with Crippen LogP contribution in [-0.2, 0) is 6.54 Å². The number of allylic oxidation sites excluding steroid dienone is 1. The number of benzene rings is 1. The van der Waals surface area contributed by atoms with Crippen molar-refractivity contribution in [3.05, 3.63) is 59.2 Å². The Kier molecular flexibility index (Phi) is 6.20. The summed E-state index contributed by atoms with van der Waals surface area (Å²) in [5.74, 6) is -0.140. The van der Waals surface area contributed by atoms with Gasteiger partial charge in [0, 0.05) is 38.3 Å². The molecule has 0 spiro atoms. The van der Waals surface area contributed by atoms with E-state index in [1.54, 1.807) is 15.5 Å². The number of nitrogens with zero attached hydrogens (tertiary/aromatic N) is 3. The van der Waals surface area contributed by atoms with Gasteiger partial charge in [-0.05, 0) is 12.8 Å². The number of aliphatic hydroxyl groups excluding tert-OH is 1. The number of aromatic nitrogens is 2. The quantitative estimate of drug-likeness (QED) is 0.740. The monoisotopic (exact) mass is 410 g/mol. The minimum atomic E-state index is -0.597. The zero-order chi connectivity index (χ0) is 21.1. The Morgan fingerprint density at radius 2 is 1.87 bits per heavy atom. The number of carbonyl (C=O) groups excluding carboxylic acids is 1. The smallest absolute Gasteiger partial charge is 0.329 e. The second-order valence-corrected chi connectivity index (χ2v) is 8.08. The number of amides is 1. The summed E-state index contributed by atoms with van der Waals surface area (Å²) in [4.78, 5) is 29.0. The van der Waals surface area contributed by atoms with Gasteiger partial charge in [-0.1, -0.05) is 49.2 Å². The van der Waals surface area contributed by atoms with Crippen LogP contribution < -0.4 is 11.0 Å². The summed E-state index contributed by atoms with van der Waals surface area (Å²) in [5.41, 5.74) is 1.56. The molecule has 30 heavy (non-hydrogen) atoms. The van der Waals surface area contributed by atoms with E-state index in [0.717, 1.165) is 37.9 Å². The molecule has 2 atom stereocenters. The van der Waals surface area contributed by atoms with Gasteiger partial charge in [-0.3, -0.25) is 13.9 Å². The fraction of sp³-hybridized carbons (Fsp3) is 0.478. The van der Waals surface area contributed by atoms with Gasteiger partial charge in [0.2, 0.25) is 0 Å². The van der Waals surface area contributed by atoms with E-state index in [1.807, 2.05) is 30.3 Å². The van der Waals surface area contributed by atoms with Crippen LogP contribution in [0.5, 0.6) is 0 Å². The number of aliphatic hydroxyl groups is 1. The van der Waals surface area contributed by atoms with E-state index in [1.165, 1.54) is 4.57 Å². The average Bonchev–Trinajstić information content (AvgIpc) is 3.07. The molecule has 7 heteroatoms. The number of imidazole rings is 1. The largest absolute Gasteiger partial charge is 0.391 e. The highest BCUT2D eigenvalue weighted by molar-refractivity contribution is 5.99. The van der Waals surface area contributed by atoms with Gasteiger partial charge in [-0.2, -0.15) is 0 Å². The molecule has 7 nitrogen and oxygen atoms in total. The van der Waals surface area contributed by atoms with Crippen LogP contribution in [-0.4, -0.2) is 57.3 Å². The third kappa shape index (κ3) is 3.75. The molecule has 0 bridgehead atoms. The molecule has 1 unspecified atom stereocenters. The molecule has 4 rings (SSSR count). The number of piperazine rings is 1. The Morgan fingerprint density at radius 1 is 1.17 bits per heavy atom. The van der Waals surface area contributed by atoms with Crippen molar-refractivity contribution in [3.8, 4) is 11.3 Å². The lowest BCUT2D eigenvalue weighted by Crippen LogP contribution is -2.47. The van der Waals surface area contributed by atoms with Gasteiger partial charge >= 0.3 is 5.69 Å². The lowest BCUT2D eigenvalue weighted by Gasteiger charge is -2.30. The van der Waals surface area contributed by atoms with Gasteiger partial charge in [0.1, 0.15) is 5.69 Å². The first-order valence-electron chi connectivity index (χ1n) is 10.8. The molecule has 160 valence electrons. The van der Waals surface area contributed by atoms with Crippen molar-refractivity contribution in [2.75, 3.05) is 26.2 Å². The van der Waals surface area contributed by atoms with E-state index in [4.69, 9.17) is 0 Å². The number of hydrogen-bond donors (Lipinski definition) is 2. The molecule has 1 aromatic heterocycles. The molecule has 1 saturated heterocycles. The zero-order valence-electron chi connectivity index (χ0n) is 17.3. The maximum atomic E-state index is 13.6. The van der Waals surface area contributed by atoms with Crippen LogP contribution in [0.15, 0.2) is 47.8 Å². The summed E-state index contributed by atoms with van der Waals surface area (Å²) >= 11 is 0. The first-order valence-corrected chi connectivity index (χ1v) is 10.8. The molecular weight excluding hydrogens is 380 g/mol. The van der Waals surface area contributed by atoms with E-state index >= 15 is 0 Å². The summed E-state index contributed by atoms with van der Waals surface area (Å²) in [5, 5.41) is 14.0. The lowest BCUT2D eigenvalue weighted by atomic mass is 9.92. The normalized spacial score (nSPS) is 22.1. The minimum Gasteiger partial charge on any atom is -0.391 e. The molecule has 1 aliphatic heterocycles. The van der Waals surface area contributed by atoms with Gasteiger partial charge < -0.3 is 15.3 Å². The van der Waals surface area contributed by atoms with Crippen molar-refractivity contribution in [3.63, 3.8) is 0 Å². The van der Waals surface area contributed by atoms with Gasteiger partial charge in [-0.25, -0.2) is 4.79 Å². The van der Waals surface area contributed by atoms with Gasteiger partial charge in [0.15, 0.2) is 0 Å². The molecule has 1 saturated carbocycles. The number of nitrogens with one attached hydrogen (secondary N) is 1. The minimum absolute atomic E-state index is 0.140. The number of carbonyl (C=O) groups is 1. The predicted molar refractivity (Wildman–Crippen MR) is 117 cm³/mol. The van der Waals surface area contributed by atoms with Crippen molar-refractivity contribution in [1.29, 1.82) is 0 Å². The predicted octanol–water partition coefficient (Wildman–Crippen LogP) is 2.02. The third-order valence-electron chi connectivity index (χ3n) is 6.16. The molecule has 2 aromatic rings. The van der Waals surface area contributed by atoms with Crippen molar-refractivity contribution >= 4 is 5.91 Å². The Bertz CT molecular complexity index is 957. The van der Waals surface area contributed by atoms with Crippen molar-refractivity contribution in [1.82, 2.24) is 19.4 Å². The highest BCUT2D eigenvalue weighted by Crippen LogP contribution is 2.34. The van der Waals surface area contributed by atoms with Crippen LogP contribution in [0.25, 0.3) is 11.3 Å². The standard InChI is InChI=1S/C23H30N4O3/c1-2-14-26-21(22(29)25-15-12-24-13-16-25)20(17-8-4-3-5-9-17)27(23(26)30)18-10-6-7-11-19(18)28/h2-5,8-9,18-19,24,28H,1,6-7,10-16H2/t18?,19-/m1/s1. The van der Waals surface area contributed by atoms with E-state index in [9.17, 15) is 14.7 Å². The van der Waals surface area contributed by atoms with E-state index in [0.29, 0.717) is 30.9 Å². The van der Waals surface area contributed by atoms with Crippen molar-refractivity contribution in [2.24, 2.45) is 0 Å². The highest BCUT2D eigenvalue weighted by Gasteiger charge is 2.35. The van der Waals surface area contributed by atoms with Crippen LogP contribution in [0.3, 0.4) is 0 Å². The van der Waals surface area contributed by atoms with Crippen LogP contribution >= 0.6 is 0 Å². The Morgan fingerprint density at radius 3 is 2.53 bits per heavy atom. The zero-order valence-corrected chi connectivity index (χ0v) is 17.3. The van der Waals surface area contributed by atoms with Gasteiger partial charge in [0.25, 0.3) is 5.91 Å². The summed E-state index contributed by atoms with van der Waals surface area (Å²) in [6, 6.07) is 9.25. The SMILES string of the molecule is C=CCn1c(C(=O)N2CCNCC2)c(-c2ccccc2)n(C2CCCC[C@H]2O)c1=O. The first kappa shape index (κ1) is 20.6. The Balaban J connectivity index is 1.94. The highest BCUT2D eigenvalue weighted by atomic mass is 16.3. The summed E-state index contributed by atoms with van der Waals surface area (Å²) < 4.78 is 3.21. The molecule has 2 heterocycles. The van der Waals surface area contributed by atoms with Crippen molar-refractivity contribution < 1.29 is 9.90 Å². The molecule has 2 N–H and O–H groups in total. The lowest BCUT2D eigenvalue weighted by molar-refractivity contribution is 0.0719. The topological polar surface area (TPSA) is 79.5 Å². The maximum Gasteiger partial charge on any atom is 0.329 e. The molecule has 2 fully saturated rings. The van der Waals surface area contributed by atoms with E-state index in [2.05, 4.69) is 11.9 Å². The summed E-state index contributed by atoms with van der Waals surface area (Å²) in [6.07, 6.45) is 4.34. The number of rotatable bonds is 5. The Hall–Kier alpha value is -2.64. The summed E-state index contributed by atoms with van der Waals surface area (Å²) in [6.45, 7) is 6.73. The third-order valence-corrected chi connectivity index (χ3v) is 6.16. The van der Waals surface area contributed by atoms with Crippen LogP contribution in [0, 0.1) is 0 Å². The van der Waals surface area contributed by atoms with Crippen LogP contribution in [0.4, 0.5) is 0 Å². The molecule has 2 aliphatic rings. The maximum absolute atomic E-state index is 13.6. The fourth-order valence-corrected chi connectivity index (χ4v) is 4.67. The molecule has 1 aromatic carbocycles. The second kappa shape index (κ2) is 9.02. The molecule has 1 aliphatic carbocycles. The molecular formula is C23H30N4O3. The average molecular weight is 411 g/mol.